The fraction of sp³-hybridized carbons (Fsp3) is 0.214. The Kier molecular flexibility index (Phi) is 3.56. The van der Waals surface area contributed by atoms with Gasteiger partial charge in [0.25, 0.3) is 0 Å². The van der Waals surface area contributed by atoms with E-state index in [1.54, 1.807) is 0 Å². The van der Waals surface area contributed by atoms with Gasteiger partial charge in [-0.1, -0.05) is 0 Å². The Morgan fingerprint density at radius 3 is 2.39 bits per heavy atom. The summed E-state index contributed by atoms with van der Waals surface area (Å²) in [6.45, 7) is 5.84. The van der Waals surface area contributed by atoms with Crippen LogP contribution in [0.4, 0.5) is 4.39 Å². The Morgan fingerprint density at radius 2 is 1.89 bits per heavy atom. The van der Waals surface area contributed by atoms with E-state index in [4.69, 9.17) is 0 Å². The SMILES string of the molecule is Cc1[nH]c(C(=O)c2ccc(F)cc2I)c(C)c1C. The maximum absolute atomic E-state index is 13.0. The lowest BCUT2D eigenvalue weighted by Gasteiger charge is -2.03. The molecule has 0 aliphatic carbocycles. The maximum atomic E-state index is 13.0. The zero-order valence-corrected chi connectivity index (χ0v) is 12.6. The molecule has 2 nitrogen and oxygen atoms in total. The molecule has 1 heterocycles. The average molecular weight is 357 g/mol. The molecule has 0 aliphatic rings. The van der Waals surface area contributed by atoms with Crippen LogP contribution < -0.4 is 0 Å². The monoisotopic (exact) mass is 357 g/mol. The first-order valence-corrected chi connectivity index (χ1v) is 6.65. The van der Waals surface area contributed by atoms with Crippen molar-refractivity contribution in [3.63, 3.8) is 0 Å². The molecule has 0 atom stereocenters. The fourth-order valence-electron chi connectivity index (χ4n) is 1.88. The minimum Gasteiger partial charge on any atom is -0.356 e. The van der Waals surface area contributed by atoms with Crippen molar-refractivity contribution in [2.24, 2.45) is 0 Å². The Labute approximate surface area is 119 Å². The smallest absolute Gasteiger partial charge is 0.210 e. The van der Waals surface area contributed by atoms with E-state index in [2.05, 4.69) is 4.98 Å². The lowest BCUT2D eigenvalue weighted by Crippen LogP contribution is -2.06. The molecule has 18 heavy (non-hydrogen) atoms. The van der Waals surface area contributed by atoms with Gasteiger partial charge >= 0.3 is 0 Å². The first-order valence-electron chi connectivity index (χ1n) is 5.57. The molecule has 1 aromatic heterocycles. The minimum atomic E-state index is -0.327. The van der Waals surface area contributed by atoms with Crippen molar-refractivity contribution >= 4 is 28.4 Å². The number of aromatic amines is 1. The van der Waals surface area contributed by atoms with Gasteiger partial charge in [-0.05, 0) is 72.7 Å². The predicted octanol–water partition coefficient (Wildman–Crippen LogP) is 3.91. The summed E-state index contributed by atoms with van der Waals surface area (Å²) in [4.78, 5) is 15.5. The van der Waals surface area contributed by atoms with Crippen LogP contribution in [0.2, 0.25) is 0 Å². The van der Waals surface area contributed by atoms with Crippen molar-refractivity contribution in [2.75, 3.05) is 0 Å². The topological polar surface area (TPSA) is 32.9 Å². The second-order valence-electron chi connectivity index (χ2n) is 4.33. The Bertz CT molecular complexity index is 631. The molecule has 4 heteroatoms. The van der Waals surface area contributed by atoms with E-state index in [1.807, 2.05) is 43.4 Å². The lowest BCUT2D eigenvalue weighted by molar-refractivity contribution is 0.103. The van der Waals surface area contributed by atoms with E-state index in [0.717, 1.165) is 16.8 Å². The van der Waals surface area contributed by atoms with Gasteiger partial charge in [-0.15, -0.1) is 0 Å². The molecule has 0 aliphatic heterocycles. The van der Waals surface area contributed by atoms with Gasteiger partial charge in [-0.25, -0.2) is 4.39 Å². The number of benzene rings is 1. The van der Waals surface area contributed by atoms with Gasteiger partial charge in [-0.2, -0.15) is 0 Å². The van der Waals surface area contributed by atoms with E-state index in [0.29, 0.717) is 14.8 Å². The Morgan fingerprint density at radius 1 is 1.22 bits per heavy atom. The molecule has 0 radical (unpaired) electrons. The van der Waals surface area contributed by atoms with Gasteiger partial charge in [0.2, 0.25) is 5.78 Å². The molecule has 0 spiro atoms. The largest absolute Gasteiger partial charge is 0.356 e. The van der Waals surface area contributed by atoms with Gasteiger partial charge in [-0.3, -0.25) is 4.79 Å². The highest BCUT2D eigenvalue weighted by atomic mass is 127. The summed E-state index contributed by atoms with van der Waals surface area (Å²) in [5.74, 6) is -0.417. The van der Waals surface area contributed by atoms with Crippen molar-refractivity contribution in [1.29, 1.82) is 0 Å². The van der Waals surface area contributed by atoms with Gasteiger partial charge in [0.05, 0.1) is 5.69 Å². The number of carbonyl (C=O) groups excluding carboxylic acids is 1. The van der Waals surface area contributed by atoms with Crippen molar-refractivity contribution in [1.82, 2.24) is 4.98 Å². The summed E-state index contributed by atoms with van der Waals surface area (Å²) in [5.41, 5.74) is 4.16. The number of rotatable bonds is 2. The average Bonchev–Trinajstić information content (AvgIpc) is 2.56. The lowest BCUT2D eigenvalue weighted by atomic mass is 10.0. The molecular formula is C14H13FINO. The zero-order valence-electron chi connectivity index (χ0n) is 10.4. The summed E-state index contributed by atoms with van der Waals surface area (Å²) in [6.07, 6.45) is 0. The molecule has 1 N–H and O–H groups in total. The third kappa shape index (κ3) is 2.21. The van der Waals surface area contributed by atoms with Crippen LogP contribution in [0.25, 0.3) is 0 Å². The van der Waals surface area contributed by atoms with Crippen LogP contribution in [0.1, 0.15) is 32.9 Å². The van der Waals surface area contributed by atoms with E-state index in [-0.39, 0.29) is 11.6 Å². The Hall–Kier alpha value is -1.17. The van der Waals surface area contributed by atoms with Gasteiger partial charge in [0.1, 0.15) is 5.82 Å². The summed E-state index contributed by atoms with van der Waals surface area (Å²) >= 11 is 1.98. The van der Waals surface area contributed by atoms with Crippen LogP contribution in [-0.2, 0) is 0 Å². The second-order valence-corrected chi connectivity index (χ2v) is 5.49. The van der Waals surface area contributed by atoms with Crippen LogP contribution in [0.15, 0.2) is 18.2 Å². The number of hydrogen-bond acceptors (Lipinski definition) is 1. The summed E-state index contributed by atoms with van der Waals surface area (Å²) in [7, 11) is 0. The number of ketones is 1. The van der Waals surface area contributed by atoms with Gasteiger partial charge < -0.3 is 4.98 Å². The van der Waals surface area contributed by atoms with Crippen molar-refractivity contribution in [3.05, 3.63) is 55.7 Å². The molecule has 1 aromatic carbocycles. The predicted molar refractivity (Wildman–Crippen MR) is 77.6 cm³/mol. The highest BCUT2D eigenvalue weighted by Gasteiger charge is 2.18. The van der Waals surface area contributed by atoms with Crippen LogP contribution in [0, 0.1) is 30.2 Å². The molecule has 0 fully saturated rings. The molecule has 0 saturated carbocycles. The van der Waals surface area contributed by atoms with Crippen LogP contribution >= 0.6 is 22.6 Å². The number of aryl methyl sites for hydroxylation is 1. The molecule has 0 unspecified atom stereocenters. The third-order valence-corrected chi connectivity index (χ3v) is 4.11. The normalized spacial score (nSPS) is 10.7. The molecule has 0 amide bonds. The first-order chi connectivity index (χ1) is 8.41. The summed E-state index contributed by atoms with van der Waals surface area (Å²) < 4.78 is 13.7. The number of nitrogens with one attached hydrogen (secondary N) is 1. The molecule has 0 bridgehead atoms. The number of H-pyrrole nitrogens is 1. The molecule has 0 saturated heterocycles. The first kappa shape index (κ1) is 13.3. The molecule has 2 aromatic rings. The van der Waals surface area contributed by atoms with Crippen LogP contribution in [0.3, 0.4) is 0 Å². The van der Waals surface area contributed by atoms with Crippen LogP contribution in [0.5, 0.6) is 0 Å². The number of aromatic nitrogens is 1. The van der Waals surface area contributed by atoms with Crippen molar-refractivity contribution in [2.45, 2.75) is 20.8 Å². The second kappa shape index (κ2) is 4.84. The van der Waals surface area contributed by atoms with E-state index in [9.17, 15) is 9.18 Å². The van der Waals surface area contributed by atoms with Crippen molar-refractivity contribution in [3.8, 4) is 0 Å². The summed E-state index contributed by atoms with van der Waals surface area (Å²) in [6, 6.07) is 4.21. The van der Waals surface area contributed by atoms with E-state index < -0.39 is 0 Å². The molecule has 2 rings (SSSR count). The maximum Gasteiger partial charge on any atom is 0.210 e. The van der Waals surface area contributed by atoms with Crippen LogP contribution in [-0.4, -0.2) is 10.8 Å². The van der Waals surface area contributed by atoms with Crippen molar-refractivity contribution < 1.29 is 9.18 Å². The standard InChI is InChI=1S/C14H13FINO/c1-7-8(2)13(17-9(7)3)14(18)11-5-4-10(15)6-12(11)16/h4-6,17H,1-3H3. The molecule has 94 valence electrons. The van der Waals surface area contributed by atoms with E-state index >= 15 is 0 Å². The quantitative estimate of drug-likeness (QED) is 0.642. The highest BCUT2D eigenvalue weighted by molar-refractivity contribution is 14.1. The molecular weight excluding hydrogens is 344 g/mol. The van der Waals surface area contributed by atoms with Gasteiger partial charge in [0.15, 0.2) is 0 Å². The third-order valence-electron chi connectivity index (χ3n) is 3.22. The van der Waals surface area contributed by atoms with Gasteiger partial charge in [0, 0.05) is 14.8 Å². The summed E-state index contributed by atoms with van der Waals surface area (Å²) in [5, 5.41) is 0. The Balaban J connectivity index is 2.51. The minimum absolute atomic E-state index is 0.0897. The highest BCUT2D eigenvalue weighted by Crippen LogP contribution is 2.22. The fourth-order valence-corrected chi connectivity index (χ4v) is 2.60. The number of halogens is 2. The zero-order chi connectivity index (χ0) is 13.4. The number of carbonyl (C=O) groups is 1. The number of hydrogen-bond donors (Lipinski definition) is 1. The van der Waals surface area contributed by atoms with E-state index in [1.165, 1.54) is 18.2 Å².